The number of ether oxygens (including phenoxy) is 1. The Kier molecular flexibility index (Phi) is 7.87. The number of nitrogens with one attached hydrogen (secondary N) is 1. The van der Waals surface area contributed by atoms with Crippen LogP contribution in [0.3, 0.4) is 0 Å². The average molecular weight is 565 g/mol. The van der Waals surface area contributed by atoms with E-state index in [9.17, 15) is 13.6 Å². The molecule has 0 radical (unpaired) electrons. The lowest BCUT2D eigenvalue weighted by atomic mass is 10.1. The van der Waals surface area contributed by atoms with E-state index in [1.54, 1.807) is 42.6 Å². The van der Waals surface area contributed by atoms with Gasteiger partial charge < -0.3 is 10.1 Å². The van der Waals surface area contributed by atoms with Crippen LogP contribution >= 0.6 is 39.3 Å². The Morgan fingerprint density at radius 2 is 1.85 bits per heavy atom. The van der Waals surface area contributed by atoms with E-state index >= 15 is 0 Å². The second-order valence-corrected chi connectivity index (χ2v) is 9.28. The van der Waals surface area contributed by atoms with Crippen molar-refractivity contribution in [2.24, 2.45) is 0 Å². The summed E-state index contributed by atoms with van der Waals surface area (Å²) in [5.41, 5.74) is 2.98. The highest BCUT2D eigenvalue weighted by Gasteiger charge is 2.16. The van der Waals surface area contributed by atoms with Gasteiger partial charge in [-0.3, -0.25) is 9.36 Å². The van der Waals surface area contributed by atoms with Crippen LogP contribution in [0.15, 0.2) is 88.6 Å². The first-order chi connectivity index (χ1) is 16.4. The number of anilines is 1. The molecule has 3 aromatic carbocycles. The Hall–Kier alpha value is -2.88. The number of carbonyl (C=O) groups is 1. The Morgan fingerprint density at radius 1 is 1.12 bits per heavy atom. The van der Waals surface area contributed by atoms with Crippen molar-refractivity contribution < 1.29 is 18.3 Å². The standard InChI is InChI=1S/C24H17BrClF2N3O2S/c25-16-6-4-15(5-7-16)21-13-29-24(31(21)19-8-10-20(11-9-19)33-23(27)28)34-14-22(32)30-18-3-1-2-17(26)12-18/h1-13,23H,14H2,(H,30,32). The zero-order valence-electron chi connectivity index (χ0n) is 17.4. The van der Waals surface area contributed by atoms with Gasteiger partial charge in [-0.15, -0.1) is 0 Å². The average Bonchev–Trinajstić information content (AvgIpc) is 3.22. The summed E-state index contributed by atoms with van der Waals surface area (Å²) in [4.78, 5) is 17.0. The zero-order valence-corrected chi connectivity index (χ0v) is 20.6. The molecule has 0 fully saturated rings. The van der Waals surface area contributed by atoms with E-state index in [1.165, 1.54) is 23.9 Å². The van der Waals surface area contributed by atoms with Crippen LogP contribution in [0.25, 0.3) is 16.9 Å². The third kappa shape index (κ3) is 6.16. The first kappa shape index (κ1) is 24.3. The van der Waals surface area contributed by atoms with Crippen LogP contribution in [0, 0.1) is 0 Å². The zero-order chi connectivity index (χ0) is 24.1. The lowest BCUT2D eigenvalue weighted by Gasteiger charge is -2.13. The molecule has 0 aliphatic carbocycles. The van der Waals surface area contributed by atoms with Crippen LogP contribution in [-0.2, 0) is 4.79 Å². The number of halogens is 4. The van der Waals surface area contributed by atoms with Gasteiger partial charge in [-0.1, -0.05) is 57.5 Å². The highest BCUT2D eigenvalue weighted by atomic mass is 79.9. The van der Waals surface area contributed by atoms with Crippen molar-refractivity contribution >= 4 is 50.9 Å². The lowest BCUT2D eigenvalue weighted by Crippen LogP contribution is -2.14. The highest BCUT2D eigenvalue weighted by molar-refractivity contribution is 9.10. The van der Waals surface area contributed by atoms with Gasteiger partial charge in [0.2, 0.25) is 5.91 Å². The summed E-state index contributed by atoms with van der Waals surface area (Å²) in [5.74, 6) is -0.0533. The number of alkyl halides is 2. The molecule has 0 aliphatic heterocycles. The lowest BCUT2D eigenvalue weighted by molar-refractivity contribution is -0.113. The molecule has 0 atom stereocenters. The third-order valence-electron chi connectivity index (χ3n) is 4.63. The quantitative estimate of drug-likeness (QED) is 0.228. The Bertz CT molecular complexity index is 1280. The van der Waals surface area contributed by atoms with Gasteiger partial charge in [0, 0.05) is 26.4 Å². The molecule has 174 valence electrons. The number of aromatic nitrogens is 2. The molecule has 0 aliphatic rings. The van der Waals surface area contributed by atoms with Gasteiger partial charge in [-0.2, -0.15) is 8.78 Å². The Labute approximate surface area is 212 Å². The number of benzene rings is 3. The maximum atomic E-state index is 12.5. The van der Waals surface area contributed by atoms with Crippen molar-refractivity contribution in [2.45, 2.75) is 11.8 Å². The van der Waals surface area contributed by atoms with Crippen molar-refractivity contribution in [1.29, 1.82) is 0 Å². The molecule has 0 spiro atoms. The number of carbonyl (C=O) groups excluding carboxylic acids is 1. The molecule has 1 N–H and O–H groups in total. The van der Waals surface area contributed by atoms with Crippen molar-refractivity contribution in [3.05, 3.63) is 88.5 Å². The molecule has 34 heavy (non-hydrogen) atoms. The fourth-order valence-electron chi connectivity index (χ4n) is 3.18. The van der Waals surface area contributed by atoms with Gasteiger partial charge in [-0.25, -0.2) is 4.98 Å². The molecule has 4 aromatic rings. The van der Waals surface area contributed by atoms with Gasteiger partial charge in [0.05, 0.1) is 17.6 Å². The molecular formula is C24H17BrClF2N3O2S. The molecule has 10 heteroatoms. The van der Waals surface area contributed by atoms with Crippen molar-refractivity contribution in [2.75, 3.05) is 11.1 Å². The number of imidazole rings is 1. The summed E-state index contributed by atoms with van der Waals surface area (Å²) in [7, 11) is 0. The SMILES string of the molecule is O=C(CSc1ncc(-c2ccc(Br)cc2)n1-c1ccc(OC(F)F)cc1)Nc1cccc(Cl)c1. The van der Waals surface area contributed by atoms with Gasteiger partial charge >= 0.3 is 6.61 Å². The van der Waals surface area contributed by atoms with Crippen molar-refractivity contribution in [1.82, 2.24) is 9.55 Å². The number of nitrogens with zero attached hydrogens (tertiary/aromatic N) is 2. The summed E-state index contributed by atoms with van der Waals surface area (Å²) >= 11 is 10.7. The topological polar surface area (TPSA) is 56.2 Å². The van der Waals surface area contributed by atoms with Crippen LogP contribution in [0.5, 0.6) is 5.75 Å². The smallest absolute Gasteiger partial charge is 0.387 e. The van der Waals surface area contributed by atoms with E-state index in [-0.39, 0.29) is 17.4 Å². The molecule has 0 saturated heterocycles. The molecule has 1 aromatic heterocycles. The molecule has 0 bridgehead atoms. The van der Waals surface area contributed by atoms with Crippen LogP contribution < -0.4 is 10.1 Å². The molecule has 1 heterocycles. The summed E-state index contributed by atoms with van der Waals surface area (Å²) in [6, 6.07) is 20.9. The van der Waals surface area contributed by atoms with Gasteiger partial charge in [0.15, 0.2) is 5.16 Å². The summed E-state index contributed by atoms with van der Waals surface area (Å²) in [5, 5.41) is 3.91. The number of hydrogen-bond acceptors (Lipinski definition) is 4. The Balaban J connectivity index is 1.60. The minimum atomic E-state index is -2.90. The normalized spacial score (nSPS) is 11.0. The van der Waals surface area contributed by atoms with Crippen LogP contribution in [-0.4, -0.2) is 27.8 Å². The molecule has 0 unspecified atom stereocenters. The first-order valence-corrected chi connectivity index (χ1v) is 12.1. The minimum absolute atomic E-state index is 0.0548. The maximum absolute atomic E-state index is 12.5. The first-order valence-electron chi connectivity index (χ1n) is 9.96. The summed E-state index contributed by atoms with van der Waals surface area (Å²) < 4.78 is 32.3. The number of thioether (sulfide) groups is 1. The van der Waals surface area contributed by atoms with Gasteiger partial charge in [0.1, 0.15) is 5.75 Å². The molecule has 5 nitrogen and oxygen atoms in total. The van der Waals surface area contributed by atoms with E-state index in [0.29, 0.717) is 21.6 Å². The molecule has 1 amide bonds. The minimum Gasteiger partial charge on any atom is -0.435 e. The predicted octanol–water partition coefficient (Wildman–Crippen LogP) is 7.29. The molecule has 0 saturated carbocycles. The van der Waals surface area contributed by atoms with Crippen LogP contribution in [0.4, 0.5) is 14.5 Å². The Morgan fingerprint density at radius 3 is 2.53 bits per heavy atom. The van der Waals surface area contributed by atoms with Crippen molar-refractivity contribution in [3.8, 4) is 22.7 Å². The van der Waals surface area contributed by atoms with E-state index in [2.05, 4.69) is 31.0 Å². The second kappa shape index (κ2) is 11.0. The predicted molar refractivity (Wildman–Crippen MR) is 134 cm³/mol. The maximum Gasteiger partial charge on any atom is 0.387 e. The van der Waals surface area contributed by atoms with E-state index < -0.39 is 6.61 Å². The van der Waals surface area contributed by atoms with Crippen molar-refractivity contribution in [3.63, 3.8) is 0 Å². The van der Waals surface area contributed by atoms with E-state index in [1.807, 2.05) is 28.8 Å². The number of rotatable bonds is 8. The second-order valence-electron chi connectivity index (χ2n) is 6.99. The monoisotopic (exact) mass is 563 g/mol. The summed E-state index contributed by atoms with van der Waals surface area (Å²) in [6.07, 6.45) is 1.71. The number of hydrogen-bond donors (Lipinski definition) is 1. The third-order valence-corrected chi connectivity index (χ3v) is 6.35. The van der Waals surface area contributed by atoms with Crippen LogP contribution in [0.1, 0.15) is 0 Å². The highest BCUT2D eigenvalue weighted by Crippen LogP contribution is 2.31. The number of amides is 1. The largest absolute Gasteiger partial charge is 0.435 e. The fraction of sp³-hybridized carbons (Fsp3) is 0.0833. The van der Waals surface area contributed by atoms with Gasteiger partial charge in [0.25, 0.3) is 0 Å². The fourth-order valence-corrected chi connectivity index (χ4v) is 4.43. The molecule has 4 rings (SSSR count). The van der Waals surface area contributed by atoms with E-state index in [4.69, 9.17) is 11.6 Å². The van der Waals surface area contributed by atoms with E-state index in [0.717, 1.165) is 15.7 Å². The van der Waals surface area contributed by atoms with Gasteiger partial charge in [-0.05, 0) is 54.6 Å². The molecular weight excluding hydrogens is 548 g/mol. The summed E-state index contributed by atoms with van der Waals surface area (Å²) in [6.45, 7) is -2.90. The van der Waals surface area contributed by atoms with Crippen LogP contribution in [0.2, 0.25) is 5.02 Å².